The molecule has 1 aliphatic heterocycles. The van der Waals surface area contributed by atoms with Crippen molar-refractivity contribution in [3.8, 4) is 40.2 Å². The van der Waals surface area contributed by atoms with Gasteiger partial charge in [0.2, 0.25) is 12.7 Å². The third-order valence-corrected chi connectivity index (χ3v) is 3.80. The quantitative estimate of drug-likeness (QED) is 0.666. The van der Waals surface area contributed by atoms with Gasteiger partial charge in [-0.1, -0.05) is 0 Å². The third kappa shape index (κ3) is 3.08. The summed E-state index contributed by atoms with van der Waals surface area (Å²) < 4.78 is 32.4. The Hall–Kier alpha value is -3.42. The Balaban J connectivity index is 1.46. The molecule has 8 heteroatoms. The highest BCUT2D eigenvalue weighted by Crippen LogP contribution is 2.35. The van der Waals surface area contributed by atoms with E-state index in [1.54, 1.807) is 44.6 Å². The van der Waals surface area contributed by atoms with E-state index < -0.39 is 0 Å². The second kappa shape index (κ2) is 6.83. The van der Waals surface area contributed by atoms with Crippen LogP contribution in [-0.4, -0.2) is 31.2 Å². The minimum atomic E-state index is 0.139. The lowest BCUT2D eigenvalue weighted by atomic mass is 10.2. The fourth-order valence-electron chi connectivity index (χ4n) is 2.51. The summed E-state index contributed by atoms with van der Waals surface area (Å²) >= 11 is 0. The van der Waals surface area contributed by atoms with Gasteiger partial charge in [0.15, 0.2) is 29.6 Å². The third-order valence-electron chi connectivity index (χ3n) is 3.80. The lowest BCUT2D eigenvalue weighted by Gasteiger charge is -2.07. The highest BCUT2D eigenvalue weighted by atomic mass is 16.7. The molecule has 8 nitrogen and oxygen atoms in total. The number of hydrogen-bond acceptors (Lipinski definition) is 8. The Morgan fingerprint density at radius 3 is 2.62 bits per heavy atom. The van der Waals surface area contributed by atoms with E-state index in [-0.39, 0.29) is 13.4 Å². The van der Waals surface area contributed by atoms with Gasteiger partial charge in [0.25, 0.3) is 5.89 Å². The number of nitrogens with zero attached hydrogens (tertiary/aromatic N) is 2. The van der Waals surface area contributed by atoms with Gasteiger partial charge < -0.3 is 28.1 Å². The van der Waals surface area contributed by atoms with Gasteiger partial charge in [0, 0.05) is 11.6 Å². The molecule has 0 spiro atoms. The van der Waals surface area contributed by atoms with E-state index in [0.717, 1.165) is 5.56 Å². The predicted octanol–water partition coefficient (Wildman–Crippen LogP) is 3.06. The molecular formula is C18H16N2O6. The monoisotopic (exact) mass is 356 g/mol. The molecule has 0 bridgehead atoms. The fraction of sp³-hybridized carbons (Fsp3) is 0.222. The summed E-state index contributed by atoms with van der Waals surface area (Å²) in [6.45, 7) is 0.358. The standard InChI is InChI=1S/C18H16N2O6/c1-21-13-5-3-11(7-15(13)22-2)18-20-19-17(26-18)9-23-12-4-6-14-16(8-12)25-10-24-14/h3-8H,9-10H2,1-2H3. The Morgan fingerprint density at radius 1 is 0.923 bits per heavy atom. The molecule has 0 N–H and O–H groups in total. The van der Waals surface area contributed by atoms with Crippen LogP contribution in [0.3, 0.4) is 0 Å². The second-order valence-electron chi connectivity index (χ2n) is 5.37. The molecular weight excluding hydrogens is 340 g/mol. The Labute approximate surface area is 149 Å². The first kappa shape index (κ1) is 16.1. The van der Waals surface area contributed by atoms with Gasteiger partial charge in [-0.05, 0) is 30.3 Å². The molecule has 3 aromatic rings. The second-order valence-corrected chi connectivity index (χ2v) is 5.37. The maximum Gasteiger partial charge on any atom is 0.254 e. The molecule has 2 heterocycles. The average molecular weight is 356 g/mol. The van der Waals surface area contributed by atoms with Gasteiger partial charge in [-0.3, -0.25) is 0 Å². The van der Waals surface area contributed by atoms with Gasteiger partial charge in [0.05, 0.1) is 14.2 Å². The summed E-state index contributed by atoms with van der Waals surface area (Å²) in [5.74, 6) is 3.91. The van der Waals surface area contributed by atoms with Gasteiger partial charge in [-0.2, -0.15) is 0 Å². The van der Waals surface area contributed by atoms with Crippen molar-refractivity contribution in [1.82, 2.24) is 10.2 Å². The van der Waals surface area contributed by atoms with Crippen molar-refractivity contribution < 1.29 is 28.1 Å². The molecule has 26 heavy (non-hydrogen) atoms. The average Bonchev–Trinajstić information content (AvgIpc) is 3.34. The van der Waals surface area contributed by atoms with Gasteiger partial charge in [-0.25, -0.2) is 0 Å². The Morgan fingerprint density at radius 2 is 1.77 bits per heavy atom. The first-order valence-electron chi connectivity index (χ1n) is 7.84. The molecule has 0 unspecified atom stereocenters. The van der Waals surface area contributed by atoms with Crippen LogP contribution in [0.4, 0.5) is 0 Å². The maximum absolute atomic E-state index is 5.67. The zero-order valence-corrected chi connectivity index (χ0v) is 14.2. The van der Waals surface area contributed by atoms with Crippen molar-refractivity contribution in [2.45, 2.75) is 6.61 Å². The first-order valence-corrected chi connectivity index (χ1v) is 7.84. The van der Waals surface area contributed by atoms with Crippen LogP contribution in [0.2, 0.25) is 0 Å². The van der Waals surface area contributed by atoms with Crippen molar-refractivity contribution in [1.29, 1.82) is 0 Å². The van der Waals surface area contributed by atoms with Crippen LogP contribution in [0.5, 0.6) is 28.7 Å². The van der Waals surface area contributed by atoms with Crippen LogP contribution in [-0.2, 0) is 6.61 Å². The number of aromatic nitrogens is 2. The molecule has 0 atom stereocenters. The van der Waals surface area contributed by atoms with Crippen LogP contribution >= 0.6 is 0 Å². The van der Waals surface area contributed by atoms with E-state index in [0.29, 0.717) is 40.5 Å². The number of hydrogen-bond donors (Lipinski definition) is 0. The molecule has 0 aliphatic carbocycles. The maximum atomic E-state index is 5.67. The zero-order chi connectivity index (χ0) is 17.9. The molecule has 0 amide bonds. The van der Waals surface area contributed by atoms with Gasteiger partial charge >= 0.3 is 0 Å². The van der Waals surface area contributed by atoms with Crippen LogP contribution in [0.1, 0.15) is 5.89 Å². The molecule has 0 saturated heterocycles. The van der Waals surface area contributed by atoms with E-state index in [2.05, 4.69) is 10.2 Å². The van der Waals surface area contributed by atoms with Crippen LogP contribution in [0, 0.1) is 0 Å². The smallest absolute Gasteiger partial charge is 0.254 e. The molecule has 0 radical (unpaired) electrons. The zero-order valence-electron chi connectivity index (χ0n) is 14.2. The number of methoxy groups -OCH3 is 2. The molecule has 0 saturated carbocycles. The van der Waals surface area contributed by atoms with Crippen molar-refractivity contribution >= 4 is 0 Å². The molecule has 1 aromatic heterocycles. The molecule has 134 valence electrons. The Kier molecular flexibility index (Phi) is 4.22. The highest BCUT2D eigenvalue weighted by Gasteiger charge is 2.15. The lowest BCUT2D eigenvalue weighted by molar-refractivity contribution is 0.173. The number of benzene rings is 2. The minimum absolute atomic E-state index is 0.139. The van der Waals surface area contributed by atoms with Crippen LogP contribution < -0.4 is 23.7 Å². The molecule has 2 aromatic carbocycles. The largest absolute Gasteiger partial charge is 0.493 e. The summed E-state index contributed by atoms with van der Waals surface area (Å²) in [5.41, 5.74) is 0.726. The summed E-state index contributed by atoms with van der Waals surface area (Å²) in [6.07, 6.45) is 0. The van der Waals surface area contributed by atoms with Crippen molar-refractivity contribution in [3.63, 3.8) is 0 Å². The first-order chi connectivity index (χ1) is 12.8. The lowest BCUT2D eigenvalue weighted by Crippen LogP contribution is -1.95. The van der Waals surface area contributed by atoms with Crippen molar-refractivity contribution in [2.24, 2.45) is 0 Å². The summed E-state index contributed by atoms with van der Waals surface area (Å²) in [4.78, 5) is 0. The SMILES string of the molecule is COc1ccc(-c2nnc(COc3ccc4c(c3)OCO4)o2)cc1OC. The van der Waals surface area contributed by atoms with E-state index in [1.807, 2.05) is 6.07 Å². The summed E-state index contributed by atoms with van der Waals surface area (Å²) in [5, 5.41) is 8.06. The Bertz CT molecular complexity index is 924. The van der Waals surface area contributed by atoms with E-state index >= 15 is 0 Å². The van der Waals surface area contributed by atoms with E-state index in [1.165, 1.54) is 0 Å². The fourth-order valence-corrected chi connectivity index (χ4v) is 2.51. The van der Waals surface area contributed by atoms with Crippen molar-refractivity contribution in [3.05, 3.63) is 42.3 Å². The van der Waals surface area contributed by atoms with E-state index in [4.69, 9.17) is 28.1 Å². The number of ether oxygens (including phenoxy) is 5. The molecule has 4 rings (SSSR count). The molecule has 0 fully saturated rings. The normalized spacial score (nSPS) is 12.1. The topological polar surface area (TPSA) is 85.1 Å². The predicted molar refractivity (Wildman–Crippen MR) is 89.7 cm³/mol. The summed E-state index contributed by atoms with van der Waals surface area (Å²) in [6, 6.07) is 10.7. The van der Waals surface area contributed by atoms with E-state index in [9.17, 15) is 0 Å². The minimum Gasteiger partial charge on any atom is -0.493 e. The number of rotatable bonds is 6. The highest BCUT2D eigenvalue weighted by molar-refractivity contribution is 5.59. The van der Waals surface area contributed by atoms with Crippen molar-refractivity contribution in [2.75, 3.05) is 21.0 Å². The van der Waals surface area contributed by atoms with Gasteiger partial charge in [-0.15, -0.1) is 10.2 Å². The molecule has 1 aliphatic rings. The van der Waals surface area contributed by atoms with Crippen LogP contribution in [0.25, 0.3) is 11.5 Å². The van der Waals surface area contributed by atoms with Gasteiger partial charge in [0.1, 0.15) is 5.75 Å². The number of fused-ring (bicyclic) bond motifs is 1. The van der Waals surface area contributed by atoms with Crippen LogP contribution in [0.15, 0.2) is 40.8 Å². The summed E-state index contributed by atoms with van der Waals surface area (Å²) in [7, 11) is 3.15.